The van der Waals surface area contributed by atoms with Gasteiger partial charge in [-0.05, 0) is 63.8 Å². The van der Waals surface area contributed by atoms with E-state index < -0.39 is 11.4 Å². The molecule has 10 heteroatoms. The number of hydrogen-bond donors (Lipinski definition) is 1. The maximum absolute atomic E-state index is 15.5. The average Bonchev–Trinajstić information content (AvgIpc) is 3.57. The van der Waals surface area contributed by atoms with Crippen LogP contribution in [0, 0.1) is 11.7 Å². The lowest BCUT2D eigenvalue weighted by atomic mass is 10.1. The fourth-order valence-electron chi connectivity index (χ4n) is 5.58. The van der Waals surface area contributed by atoms with E-state index in [1.54, 1.807) is 33.8 Å². The van der Waals surface area contributed by atoms with E-state index >= 15 is 4.39 Å². The Kier molecular flexibility index (Phi) is 5.70. The van der Waals surface area contributed by atoms with Crippen molar-refractivity contribution in [2.75, 3.05) is 12.3 Å². The van der Waals surface area contributed by atoms with Crippen LogP contribution in [0.1, 0.15) is 39.7 Å². The molecular formula is C28H29FN6O3. The molecule has 2 bridgehead atoms. The first kappa shape index (κ1) is 24.1. The van der Waals surface area contributed by atoms with Gasteiger partial charge in [-0.25, -0.2) is 23.8 Å². The highest BCUT2D eigenvalue weighted by Gasteiger charge is 2.50. The van der Waals surface area contributed by atoms with Crippen LogP contribution in [0.2, 0.25) is 0 Å². The number of anilines is 1. The van der Waals surface area contributed by atoms with Crippen molar-refractivity contribution in [1.29, 1.82) is 0 Å². The number of nitrogens with zero attached hydrogens (tertiary/aromatic N) is 5. The lowest BCUT2D eigenvalue weighted by Crippen LogP contribution is -2.45. The number of benzene rings is 2. The van der Waals surface area contributed by atoms with E-state index in [4.69, 9.17) is 20.3 Å². The summed E-state index contributed by atoms with van der Waals surface area (Å²) in [5, 5.41) is 5.32. The molecule has 6 rings (SSSR count). The molecule has 2 N–H and O–H groups in total. The highest BCUT2D eigenvalue weighted by molar-refractivity contribution is 5.98. The fourth-order valence-corrected chi connectivity index (χ4v) is 5.58. The molecule has 38 heavy (non-hydrogen) atoms. The van der Waals surface area contributed by atoms with Gasteiger partial charge in [0.05, 0.1) is 17.5 Å². The van der Waals surface area contributed by atoms with E-state index in [9.17, 15) is 4.79 Å². The number of likely N-dealkylation sites (tertiary alicyclic amines) is 1. The summed E-state index contributed by atoms with van der Waals surface area (Å²) >= 11 is 0. The molecule has 196 valence electrons. The van der Waals surface area contributed by atoms with Crippen LogP contribution in [0.3, 0.4) is 0 Å². The van der Waals surface area contributed by atoms with Crippen LogP contribution in [0.15, 0.2) is 54.9 Å². The largest absolute Gasteiger partial charge is 0.457 e. The number of amides is 1. The SMILES string of the molecule is CC(C)(C)OC(=O)N1CC2CC1C(n1nc(-c3ccc(Oc4ccccc4)cc3F)c3c(N)ncnc31)C2. The number of fused-ring (bicyclic) bond motifs is 3. The summed E-state index contributed by atoms with van der Waals surface area (Å²) in [6.45, 7) is 6.22. The van der Waals surface area contributed by atoms with Gasteiger partial charge in [0.1, 0.15) is 40.8 Å². The highest BCUT2D eigenvalue weighted by atomic mass is 19.1. The Morgan fingerprint density at radius 2 is 1.82 bits per heavy atom. The van der Waals surface area contributed by atoms with Crippen molar-refractivity contribution in [3.05, 3.63) is 60.7 Å². The highest BCUT2D eigenvalue weighted by Crippen LogP contribution is 2.47. The predicted octanol–water partition coefficient (Wildman–Crippen LogP) is 5.58. The van der Waals surface area contributed by atoms with Crippen molar-refractivity contribution >= 4 is 22.9 Å². The Hall–Kier alpha value is -4.21. The van der Waals surface area contributed by atoms with Gasteiger partial charge in [0.2, 0.25) is 0 Å². The first-order chi connectivity index (χ1) is 18.2. The maximum Gasteiger partial charge on any atom is 0.410 e. The topological polar surface area (TPSA) is 108 Å². The average molecular weight is 517 g/mol. The zero-order valence-electron chi connectivity index (χ0n) is 21.5. The molecule has 3 atom stereocenters. The second-order valence-electron chi connectivity index (χ2n) is 10.9. The molecule has 2 aliphatic rings. The molecule has 1 aliphatic carbocycles. The molecule has 3 heterocycles. The van der Waals surface area contributed by atoms with Crippen LogP contribution in [-0.4, -0.2) is 48.9 Å². The molecule has 1 saturated heterocycles. The van der Waals surface area contributed by atoms with E-state index in [1.165, 1.54) is 12.4 Å². The number of nitrogen functional groups attached to an aromatic ring is 1. The van der Waals surface area contributed by atoms with Crippen LogP contribution >= 0.6 is 0 Å². The number of ether oxygens (including phenoxy) is 2. The molecule has 0 radical (unpaired) electrons. The molecular weight excluding hydrogens is 487 g/mol. The standard InChI is InChI=1S/C28H29FN6O3/c1-28(2,3)38-27(36)34-14-16-11-21(34)22(12-16)35-26-23(25(30)31-15-32-26)24(33-35)19-10-9-18(13-20(19)29)37-17-7-5-4-6-8-17/h4-10,13,15-16,21-22H,11-12,14H2,1-3H3,(H2,30,31,32). The first-order valence-corrected chi connectivity index (χ1v) is 12.7. The van der Waals surface area contributed by atoms with Gasteiger partial charge in [-0.15, -0.1) is 0 Å². The molecule has 1 aliphatic heterocycles. The number of aromatic nitrogens is 4. The van der Waals surface area contributed by atoms with E-state index in [0.29, 0.717) is 40.7 Å². The number of halogens is 1. The minimum absolute atomic E-state index is 0.103. The Morgan fingerprint density at radius 1 is 1.05 bits per heavy atom. The normalized spacial score (nSPS) is 20.7. The van der Waals surface area contributed by atoms with Crippen molar-refractivity contribution in [1.82, 2.24) is 24.6 Å². The number of carbonyl (C=O) groups is 1. The van der Waals surface area contributed by atoms with E-state index in [0.717, 1.165) is 12.8 Å². The summed E-state index contributed by atoms with van der Waals surface area (Å²) in [5.74, 6) is 1.01. The maximum atomic E-state index is 15.5. The lowest BCUT2D eigenvalue weighted by molar-refractivity contribution is 0.0135. The molecule has 2 fully saturated rings. The minimum Gasteiger partial charge on any atom is -0.457 e. The van der Waals surface area contributed by atoms with E-state index in [1.807, 2.05) is 39.0 Å². The quantitative estimate of drug-likeness (QED) is 0.377. The third kappa shape index (κ3) is 4.29. The summed E-state index contributed by atoms with van der Waals surface area (Å²) in [6, 6.07) is 13.6. The van der Waals surface area contributed by atoms with Gasteiger partial charge in [0.25, 0.3) is 0 Å². The third-order valence-corrected chi connectivity index (χ3v) is 7.08. The smallest absolute Gasteiger partial charge is 0.410 e. The van der Waals surface area contributed by atoms with Gasteiger partial charge in [0.15, 0.2) is 5.65 Å². The van der Waals surface area contributed by atoms with Crippen LogP contribution in [0.25, 0.3) is 22.3 Å². The van der Waals surface area contributed by atoms with Crippen LogP contribution in [-0.2, 0) is 4.74 Å². The van der Waals surface area contributed by atoms with Crippen molar-refractivity contribution < 1.29 is 18.7 Å². The van der Waals surface area contributed by atoms with Crippen molar-refractivity contribution in [2.24, 2.45) is 5.92 Å². The van der Waals surface area contributed by atoms with Crippen molar-refractivity contribution in [3.63, 3.8) is 0 Å². The van der Waals surface area contributed by atoms with Crippen LogP contribution in [0.5, 0.6) is 11.5 Å². The Bertz CT molecular complexity index is 1520. The van der Waals surface area contributed by atoms with Gasteiger partial charge >= 0.3 is 6.09 Å². The Balaban J connectivity index is 1.37. The Morgan fingerprint density at radius 3 is 2.53 bits per heavy atom. The second-order valence-corrected chi connectivity index (χ2v) is 10.9. The second kappa shape index (κ2) is 8.97. The Labute approximate surface area is 219 Å². The first-order valence-electron chi connectivity index (χ1n) is 12.7. The lowest BCUT2D eigenvalue weighted by Gasteiger charge is -2.34. The van der Waals surface area contributed by atoms with Crippen LogP contribution < -0.4 is 10.5 Å². The molecule has 2 aromatic carbocycles. The molecule has 1 amide bonds. The van der Waals surface area contributed by atoms with E-state index in [2.05, 4.69) is 9.97 Å². The third-order valence-electron chi connectivity index (χ3n) is 7.08. The molecule has 4 aromatic rings. The minimum atomic E-state index is -0.588. The summed E-state index contributed by atoms with van der Waals surface area (Å²) in [5.41, 5.74) is 6.82. The number of hydrogen-bond acceptors (Lipinski definition) is 7. The van der Waals surface area contributed by atoms with Crippen LogP contribution in [0.4, 0.5) is 15.0 Å². The number of rotatable bonds is 4. The molecule has 0 spiro atoms. The number of para-hydroxylation sites is 1. The van der Waals surface area contributed by atoms with Gasteiger partial charge in [-0.3, -0.25) is 0 Å². The van der Waals surface area contributed by atoms with Gasteiger partial charge < -0.3 is 20.1 Å². The van der Waals surface area contributed by atoms with Gasteiger partial charge in [-0.1, -0.05) is 18.2 Å². The summed E-state index contributed by atoms with van der Waals surface area (Å²) < 4.78 is 28.7. The zero-order chi connectivity index (χ0) is 26.6. The molecule has 2 aromatic heterocycles. The summed E-state index contributed by atoms with van der Waals surface area (Å²) in [6.07, 6.45) is 2.73. The van der Waals surface area contributed by atoms with E-state index in [-0.39, 0.29) is 29.6 Å². The van der Waals surface area contributed by atoms with Crippen molar-refractivity contribution in [3.8, 4) is 22.8 Å². The monoisotopic (exact) mass is 516 g/mol. The predicted molar refractivity (Wildman–Crippen MR) is 140 cm³/mol. The fraction of sp³-hybridized carbons (Fsp3) is 0.357. The molecule has 3 unspecified atom stereocenters. The molecule has 1 saturated carbocycles. The van der Waals surface area contributed by atoms with Gasteiger partial charge in [-0.2, -0.15) is 5.10 Å². The number of piperidine rings is 1. The van der Waals surface area contributed by atoms with Crippen molar-refractivity contribution in [2.45, 2.75) is 51.3 Å². The molecule has 9 nitrogen and oxygen atoms in total. The summed E-state index contributed by atoms with van der Waals surface area (Å²) in [7, 11) is 0. The zero-order valence-corrected chi connectivity index (χ0v) is 21.5. The number of nitrogens with two attached hydrogens (primary N) is 1. The summed E-state index contributed by atoms with van der Waals surface area (Å²) in [4.78, 5) is 23.4. The van der Waals surface area contributed by atoms with Gasteiger partial charge in [0, 0.05) is 18.2 Å². The number of carbonyl (C=O) groups excluding carboxylic acids is 1.